The van der Waals surface area contributed by atoms with Crippen molar-refractivity contribution in [2.45, 2.75) is 59.0 Å². The van der Waals surface area contributed by atoms with Crippen LogP contribution in [-0.2, 0) is 9.53 Å². The first-order valence-electron chi connectivity index (χ1n) is 8.09. The van der Waals surface area contributed by atoms with E-state index in [0.717, 1.165) is 13.0 Å². The molecule has 0 spiro atoms. The van der Waals surface area contributed by atoms with E-state index in [1.54, 1.807) is 0 Å². The van der Waals surface area contributed by atoms with Crippen LogP contribution in [0, 0.1) is 11.8 Å². The second-order valence-corrected chi connectivity index (χ2v) is 6.11. The molecular weight excluding hydrogens is 252 g/mol. The van der Waals surface area contributed by atoms with Gasteiger partial charge in [0, 0.05) is 6.04 Å². The molecule has 1 aliphatic rings. The van der Waals surface area contributed by atoms with Gasteiger partial charge < -0.3 is 15.0 Å². The minimum Gasteiger partial charge on any atom is -0.468 e. The molecule has 3 atom stereocenters. The number of methoxy groups -OCH3 is 1. The predicted octanol–water partition coefficient (Wildman–Crippen LogP) is 2.28. The first-order valence-corrected chi connectivity index (χ1v) is 8.09. The Morgan fingerprint density at radius 1 is 1.30 bits per heavy atom. The van der Waals surface area contributed by atoms with Gasteiger partial charge in [-0.1, -0.05) is 27.2 Å². The number of ether oxygens (including phenoxy) is 1. The van der Waals surface area contributed by atoms with E-state index in [9.17, 15) is 4.79 Å². The molecule has 0 radical (unpaired) electrons. The lowest BCUT2D eigenvalue weighted by Crippen LogP contribution is -2.50. The molecule has 1 saturated heterocycles. The quantitative estimate of drug-likeness (QED) is 0.728. The summed E-state index contributed by atoms with van der Waals surface area (Å²) in [4.78, 5) is 14.4. The summed E-state index contributed by atoms with van der Waals surface area (Å²) in [5, 5.41) is 3.53. The van der Waals surface area contributed by atoms with Crippen molar-refractivity contribution in [3.05, 3.63) is 0 Å². The first-order chi connectivity index (χ1) is 9.53. The summed E-state index contributed by atoms with van der Waals surface area (Å²) < 4.78 is 4.95. The van der Waals surface area contributed by atoms with Gasteiger partial charge in [-0.2, -0.15) is 0 Å². The van der Waals surface area contributed by atoms with E-state index in [1.165, 1.54) is 33.0 Å². The predicted molar refractivity (Wildman–Crippen MR) is 82.7 cm³/mol. The topological polar surface area (TPSA) is 41.6 Å². The van der Waals surface area contributed by atoms with Crippen molar-refractivity contribution in [2.75, 3.05) is 26.7 Å². The largest absolute Gasteiger partial charge is 0.468 e. The summed E-state index contributed by atoms with van der Waals surface area (Å²) in [7, 11) is 1.48. The molecule has 0 aromatic carbocycles. The highest BCUT2D eigenvalue weighted by Crippen LogP contribution is 2.22. The number of hydrogen-bond donors (Lipinski definition) is 1. The van der Waals surface area contributed by atoms with E-state index in [4.69, 9.17) is 4.74 Å². The van der Waals surface area contributed by atoms with Crippen LogP contribution in [0.3, 0.4) is 0 Å². The van der Waals surface area contributed by atoms with Crippen molar-refractivity contribution in [2.24, 2.45) is 11.8 Å². The third kappa shape index (κ3) is 4.74. The van der Waals surface area contributed by atoms with Gasteiger partial charge >= 0.3 is 5.97 Å². The van der Waals surface area contributed by atoms with Crippen LogP contribution in [0.4, 0.5) is 0 Å². The summed E-state index contributed by atoms with van der Waals surface area (Å²) in [5.41, 5.74) is 0. The lowest BCUT2D eigenvalue weighted by molar-refractivity contribution is -0.145. The van der Waals surface area contributed by atoms with Crippen molar-refractivity contribution in [1.29, 1.82) is 0 Å². The number of esters is 1. The van der Waals surface area contributed by atoms with Gasteiger partial charge in [-0.3, -0.25) is 4.79 Å². The fourth-order valence-electron chi connectivity index (χ4n) is 3.02. The van der Waals surface area contributed by atoms with Gasteiger partial charge in [0.1, 0.15) is 6.04 Å². The van der Waals surface area contributed by atoms with Crippen LogP contribution in [0.15, 0.2) is 0 Å². The molecule has 0 aliphatic carbocycles. The standard InChI is InChI=1S/C16H32N2O2/c1-6-12(3)15(16(19)20-5)17-13(4)14-8-10-18(7-2)11-9-14/h12-15,17H,6-11H2,1-5H3. The Balaban J connectivity index is 2.53. The molecule has 1 N–H and O–H groups in total. The van der Waals surface area contributed by atoms with E-state index < -0.39 is 0 Å². The van der Waals surface area contributed by atoms with Crippen molar-refractivity contribution < 1.29 is 9.53 Å². The van der Waals surface area contributed by atoms with Gasteiger partial charge in [-0.15, -0.1) is 0 Å². The zero-order valence-electron chi connectivity index (χ0n) is 13.8. The number of rotatable bonds is 7. The molecule has 1 aliphatic heterocycles. The van der Waals surface area contributed by atoms with Crippen molar-refractivity contribution in [3.8, 4) is 0 Å². The minimum absolute atomic E-state index is 0.128. The monoisotopic (exact) mass is 284 g/mol. The maximum atomic E-state index is 11.9. The molecular formula is C16H32N2O2. The summed E-state index contributed by atoms with van der Waals surface area (Å²) in [6.45, 7) is 12.2. The van der Waals surface area contributed by atoms with Crippen LogP contribution in [0.25, 0.3) is 0 Å². The number of hydrogen-bond acceptors (Lipinski definition) is 4. The molecule has 0 bridgehead atoms. The second kappa shape index (κ2) is 8.63. The Kier molecular flexibility index (Phi) is 7.52. The van der Waals surface area contributed by atoms with E-state index in [2.05, 4.69) is 37.9 Å². The van der Waals surface area contributed by atoms with Crippen molar-refractivity contribution in [3.63, 3.8) is 0 Å². The molecule has 1 rings (SSSR count). The molecule has 0 amide bonds. The summed E-state index contributed by atoms with van der Waals surface area (Å²) in [5.74, 6) is 0.840. The molecule has 0 aromatic rings. The van der Waals surface area contributed by atoms with Crippen molar-refractivity contribution in [1.82, 2.24) is 10.2 Å². The average molecular weight is 284 g/mol. The SMILES string of the molecule is CCC(C)C(NC(C)C1CCN(CC)CC1)C(=O)OC. The normalized spacial score (nSPS) is 22.2. The van der Waals surface area contributed by atoms with Gasteiger partial charge in [-0.05, 0) is 51.2 Å². The van der Waals surface area contributed by atoms with Crippen LogP contribution in [0.1, 0.15) is 47.0 Å². The van der Waals surface area contributed by atoms with E-state index in [-0.39, 0.29) is 12.0 Å². The van der Waals surface area contributed by atoms with Crippen LogP contribution in [0.5, 0.6) is 0 Å². The van der Waals surface area contributed by atoms with Crippen LogP contribution >= 0.6 is 0 Å². The number of likely N-dealkylation sites (tertiary alicyclic amines) is 1. The van der Waals surface area contributed by atoms with Crippen LogP contribution < -0.4 is 5.32 Å². The van der Waals surface area contributed by atoms with Gasteiger partial charge in [0.25, 0.3) is 0 Å². The third-order valence-electron chi connectivity index (χ3n) is 4.90. The van der Waals surface area contributed by atoms with Crippen molar-refractivity contribution >= 4 is 5.97 Å². The van der Waals surface area contributed by atoms with Gasteiger partial charge in [0.15, 0.2) is 0 Å². The molecule has 4 nitrogen and oxygen atoms in total. The Bertz CT molecular complexity index is 288. The molecule has 3 unspecified atom stereocenters. The number of nitrogens with one attached hydrogen (secondary N) is 1. The fourth-order valence-corrected chi connectivity index (χ4v) is 3.02. The Labute approximate surface area is 124 Å². The number of carbonyl (C=O) groups is 1. The molecule has 4 heteroatoms. The highest BCUT2D eigenvalue weighted by atomic mass is 16.5. The third-order valence-corrected chi connectivity index (χ3v) is 4.90. The average Bonchev–Trinajstić information content (AvgIpc) is 2.50. The van der Waals surface area contributed by atoms with Crippen LogP contribution in [0.2, 0.25) is 0 Å². The number of piperidine rings is 1. The van der Waals surface area contributed by atoms with E-state index in [1.807, 2.05) is 0 Å². The molecule has 0 saturated carbocycles. The summed E-state index contributed by atoms with van der Waals surface area (Å²) in [6, 6.07) is 0.191. The zero-order chi connectivity index (χ0) is 15.1. The lowest BCUT2D eigenvalue weighted by atomic mass is 9.88. The molecule has 1 heterocycles. The first kappa shape index (κ1) is 17.4. The second-order valence-electron chi connectivity index (χ2n) is 6.11. The van der Waals surface area contributed by atoms with Gasteiger partial charge in [0.2, 0.25) is 0 Å². The zero-order valence-corrected chi connectivity index (χ0v) is 13.8. The maximum absolute atomic E-state index is 11.9. The lowest BCUT2D eigenvalue weighted by Gasteiger charge is -2.36. The Morgan fingerprint density at radius 2 is 1.90 bits per heavy atom. The molecule has 1 fully saturated rings. The molecule has 118 valence electrons. The number of nitrogens with zero attached hydrogens (tertiary/aromatic N) is 1. The smallest absolute Gasteiger partial charge is 0.323 e. The summed E-state index contributed by atoms with van der Waals surface area (Å²) in [6.07, 6.45) is 3.42. The van der Waals surface area contributed by atoms with E-state index >= 15 is 0 Å². The minimum atomic E-state index is -0.177. The van der Waals surface area contributed by atoms with Gasteiger partial charge in [0.05, 0.1) is 7.11 Å². The maximum Gasteiger partial charge on any atom is 0.323 e. The van der Waals surface area contributed by atoms with E-state index in [0.29, 0.717) is 17.9 Å². The number of carbonyl (C=O) groups excluding carboxylic acids is 1. The highest BCUT2D eigenvalue weighted by molar-refractivity contribution is 5.76. The molecule has 20 heavy (non-hydrogen) atoms. The summed E-state index contributed by atoms with van der Waals surface area (Å²) >= 11 is 0. The fraction of sp³-hybridized carbons (Fsp3) is 0.938. The Hall–Kier alpha value is -0.610. The highest BCUT2D eigenvalue weighted by Gasteiger charge is 2.30. The van der Waals surface area contributed by atoms with Crippen LogP contribution in [-0.4, -0.2) is 49.7 Å². The molecule has 0 aromatic heterocycles. The van der Waals surface area contributed by atoms with Gasteiger partial charge in [-0.25, -0.2) is 0 Å². The Morgan fingerprint density at radius 3 is 2.35 bits per heavy atom.